The second-order valence-electron chi connectivity index (χ2n) is 4.83. The van der Waals surface area contributed by atoms with Crippen LogP contribution in [0.5, 0.6) is 0 Å². The zero-order chi connectivity index (χ0) is 16.0. The summed E-state index contributed by atoms with van der Waals surface area (Å²) in [7, 11) is 0. The highest BCUT2D eigenvalue weighted by Gasteiger charge is 2.15. The van der Waals surface area contributed by atoms with Gasteiger partial charge in [-0.05, 0) is 12.1 Å². The minimum absolute atomic E-state index is 0.268. The molecule has 3 aromatic heterocycles. The molecule has 0 saturated carbocycles. The van der Waals surface area contributed by atoms with Gasteiger partial charge in [-0.25, -0.2) is 13.8 Å². The highest BCUT2D eigenvalue weighted by molar-refractivity contribution is 7.20. The maximum Gasteiger partial charge on any atom is 0.284 e. The first kappa shape index (κ1) is 13.8. The lowest BCUT2D eigenvalue weighted by atomic mass is 10.2. The van der Waals surface area contributed by atoms with Crippen LogP contribution in [-0.4, -0.2) is 20.9 Å². The lowest BCUT2D eigenvalue weighted by molar-refractivity contribution is 0.102. The van der Waals surface area contributed by atoms with Crippen LogP contribution >= 0.6 is 11.3 Å². The molecule has 0 bridgehead atoms. The molecule has 0 atom stereocenters. The first-order chi connectivity index (χ1) is 11.1. The number of fused-ring (bicyclic) bond motifs is 2. The molecule has 1 aromatic carbocycles. The SMILES string of the molecule is O=C(Nc1c[nH]c2cc(F)c(F)cc12)c1nc2ccncc2s1. The number of H-pyrrole nitrogens is 1. The number of amides is 1. The number of rotatable bonds is 2. The topological polar surface area (TPSA) is 70.7 Å². The third-order valence-electron chi connectivity index (χ3n) is 3.36. The van der Waals surface area contributed by atoms with Gasteiger partial charge in [0, 0.05) is 30.0 Å². The van der Waals surface area contributed by atoms with Crippen molar-refractivity contribution in [2.24, 2.45) is 0 Å². The quantitative estimate of drug-likeness (QED) is 0.589. The van der Waals surface area contributed by atoms with E-state index >= 15 is 0 Å². The molecule has 4 aromatic rings. The molecule has 0 aliphatic carbocycles. The van der Waals surface area contributed by atoms with E-state index in [0.717, 1.165) is 16.8 Å². The van der Waals surface area contributed by atoms with Crippen molar-refractivity contribution in [3.63, 3.8) is 0 Å². The third kappa shape index (κ3) is 2.33. The smallest absolute Gasteiger partial charge is 0.284 e. The Kier molecular flexibility index (Phi) is 3.05. The number of pyridine rings is 1. The van der Waals surface area contributed by atoms with Crippen molar-refractivity contribution in [3.8, 4) is 0 Å². The van der Waals surface area contributed by atoms with Gasteiger partial charge in [0.25, 0.3) is 5.91 Å². The molecular weight excluding hydrogens is 322 g/mol. The number of hydrogen-bond donors (Lipinski definition) is 2. The average molecular weight is 330 g/mol. The second kappa shape index (κ2) is 5.10. The lowest BCUT2D eigenvalue weighted by Gasteiger charge is -2.01. The number of nitrogens with one attached hydrogen (secondary N) is 2. The fourth-order valence-electron chi connectivity index (χ4n) is 2.27. The number of nitrogens with zero attached hydrogens (tertiary/aromatic N) is 2. The van der Waals surface area contributed by atoms with Crippen LogP contribution in [-0.2, 0) is 0 Å². The van der Waals surface area contributed by atoms with Gasteiger partial charge < -0.3 is 10.3 Å². The van der Waals surface area contributed by atoms with Crippen LogP contribution in [0.15, 0.2) is 36.8 Å². The Balaban J connectivity index is 1.69. The van der Waals surface area contributed by atoms with E-state index in [0.29, 0.717) is 22.1 Å². The van der Waals surface area contributed by atoms with Gasteiger partial charge in [-0.15, -0.1) is 11.3 Å². The van der Waals surface area contributed by atoms with Gasteiger partial charge in [-0.3, -0.25) is 9.78 Å². The van der Waals surface area contributed by atoms with Crippen LogP contribution in [0.3, 0.4) is 0 Å². The van der Waals surface area contributed by atoms with Gasteiger partial charge >= 0.3 is 0 Å². The van der Waals surface area contributed by atoms with Crippen molar-refractivity contribution in [3.05, 3.63) is 53.4 Å². The highest BCUT2D eigenvalue weighted by Crippen LogP contribution is 2.27. The lowest BCUT2D eigenvalue weighted by Crippen LogP contribution is -2.11. The highest BCUT2D eigenvalue weighted by atomic mass is 32.1. The number of hydrogen-bond acceptors (Lipinski definition) is 4. The molecule has 1 amide bonds. The fraction of sp³-hybridized carbons (Fsp3) is 0. The summed E-state index contributed by atoms with van der Waals surface area (Å²) in [6.07, 6.45) is 4.71. The second-order valence-corrected chi connectivity index (χ2v) is 5.86. The van der Waals surface area contributed by atoms with Crippen molar-refractivity contribution >= 4 is 44.1 Å². The van der Waals surface area contributed by atoms with E-state index in [2.05, 4.69) is 20.3 Å². The van der Waals surface area contributed by atoms with Gasteiger partial charge in [-0.2, -0.15) is 0 Å². The molecule has 0 radical (unpaired) electrons. The summed E-state index contributed by atoms with van der Waals surface area (Å²) < 4.78 is 27.4. The summed E-state index contributed by atoms with van der Waals surface area (Å²) in [5, 5.41) is 3.31. The Morgan fingerprint density at radius 2 is 2.09 bits per heavy atom. The van der Waals surface area contributed by atoms with Crippen LogP contribution in [0, 0.1) is 11.6 Å². The van der Waals surface area contributed by atoms with E-state index in [9.17, 15) is 13.6 Å². The Morgan fingerprint density at radius 3 is 2.91 bits per heavy atom. The van der Waals surface area contributed by atoms with Crippen LogP contribution in [0.2, 0.25) is 0 Å². The van der Waals surface area contributed by atoms with Gasteiger partial charge in [0.1, 0.15) is 0 Å². The molecule has 0 saturated heterocycles. The molecular formula is C15H8F2N4OS. The summed E-state index contributed by atoms with van der Waals surface area (Å²) in [4.78, 5) is 23.3. The summed E-state index contributed by atoms with van der Waals surface area (Å²) in [5.41, 5.74) is 1.44. The third-order valence-corrected chi connectivity index (χ3v) is 4.36. The van der Waals surface area contributed by atoms with Gasteiger partial charge in [0.15, 0.2) is 16.6 Å². The number of aromatic amines is 1. The Hall–Kier alpha value is -2.87. The maximum absolute atomic E-state index is 13.4. The summed E-state index contributed by atoms with van der Waals surface area (Å²) >= 11 is 1.21. The predicted molar refractivity (Wildman–Crippen MR) is 83.6 cm³/mol. The number of benzene rings is 1. The predicted octanol–water partition coefficient (Wildman–Crippen LogP) is 3.70. The van der Waals surface area contributed by atoms with Crippen molar-refractivity contribution < 1.29 is 13.6 Å². The molecule has 0 fully saturated rings. The molecule has 0 aliphatic rings. The number of carbonyl (C=O) groups excluding carboxylic acids is 1. The molecule has 0 spiro atoms. The van der Waals surface area contributed by atoms with Crippen molar-refractivity contribution in [2.75, 3.05) is 5.32 Å². The normalized spacial score (nSPS) is 11.2. The van der Waals surface area contributed by atoms with Gasteiger partial charge in [0.05, 0.1) is 21.4 Å². The number of anilines is 1. The Morgan fingerprint density at radius 1 is 1.26 bits per heavy atom. The van der Waals surface area contributed by atoms with E-state index < -0.39 is 17.5 Å². The van der Waals surface area contributed by atoms with E-state index in [-0.39, 0.29) is 5.01 Å². The van der Waals surface area contributed by atoms with Gasteiger partial charge in [-0.1, -0.05) is 0 Å². The van der Waals surface area contributed by atoms with Crippen LogP contribution < -0.4 is 5.32 Å². The zero-order valence-electron chi connectivity index (χ0n) is 11.4. The summed E-state index contributed by atoms with van der Waals surface area (Å²) in [5.74, 6) is -2.34. The fourth-order valence-corrected chi connectivity index (χ4v) is 3.10. The first-order valence-electron chi connectivity index (χ1n) is 6.60. The molecule has 3 heterocycles. The maximum atomic E-state index is 13.4. The largest absolute Gasteiger partial charge is 0.359 e. The molecule has 0 aliphatic heterocycles. The molecule has 4 rings (SSSR count). The van der Waals surface area contributed by atoms with E-state index in [1.807, 2.05) is 0 Å². The van der Waals surface area contributed by atoms with Crippen molar-refractivity contribution in [1.82, 2.24) is 15.0 Å². The average Bonchev–Trinajstić information content (AvgIpc) is 3.13. The Bertz CT molecular complexity index is 1020. The Labute approximate surface area is 132 Å². The molecule has 0 unspecified atom stereocenters. The minimum atomic E-state index is -0.973. The van der Waals surface area contributed by atoms with E-state index in [4.69, 9.17) is 0 Å². The zero-order valence-corrected chi connectivity index (χ0v) is 12.2. The number of halogens is 2. The van der Waals surface area contributed by atoms with E-state index in [1.54, 1.807) is 18.5 Å². The van der Waals surface area contributed by atoms with Crippen molar-refractivity contribution in [1.29, 1.82) is 0 Å². The molecule has 2 N–H and O–H groups in total. The summed E-state index contributed by atoms with van der Waals surface area (Å²) in [6, 6.07) is 3.80. The molecule has 23 heavy (non-hydrogen) atoms. The number of carbonyl (C=O) groups is 1. The van der Waals surface area contributed by atoms with E-state index in [1.165, 1.54) is 17.5 Å². The molecule has 5 nitrogen and oxygen atoms in total. The summed E-state index contributed by atoms with van der Waals surface area (Å²) in [6.45, 7) is 0. The molecule has 8 heteroatoms. The number of aromatic nitrogens is 3. The number of thiazole rings is 1. The van der Waals surface area contributed by atoms with Crippen LogP contribution in [0.4, 0.5) is 14.5 Å². The van der Waals surface area contributed by atoms with Gasteiger partial charge in [0.2, 0.25) is 0 Å². The van der Waals surface area contributed by atoms with Crippen molar-refractivity contribution in [2.45, 2.75) is 0 Å². The standard InChI is InChI=1S/C15H8F2N4OS/c16-8-3-7-11(4-9(8)17)19-5-12(7)20-14(22)15-21-10-1-2-18-6-13(10)23-15/h1-6,19H,(H,20,22). The minimum Gasteiger partial charge on any atom is -0.359 e. The molecule has 114 valence electrons. The van der Waals surface area contributed by atoms with Crippen LogP contribution in [0.25, 0.3) is 21.1 Å². The first-order valence-corrected chi connectivity index (χ1v) is 7.41. The van der Waals surface area contributed by atoms with Crippen LogP contribution in [0.1, 0.15) is 9.80 Å². The monoisotopic (exact) mass is 330 g/mol.